The van der Waals surface area contributed by atoms with Crippen LogP contribution in [0, 0.1) is 11.3 Å². The summed E-state index contributed by atoms with van der Waals surface area (Å²) >= 11 is 0. The van der Waals surface area contributed by atoms with E-state index in [4.69, 9.17) is 10.00 Å². The number of benzene rings is 1. The van der Waals surface area contributed by atoms with Crippen molar-refractivity contribution in [3.63, 3.8) is 0 Å². The molecule has 0 saturated carbocycles. The summed E-state index contributed by atoms with van der Waals surface area (Å²) in [5, 5.41) is 8.89. The molecule has 0 aromatic heterocycles. The van der Waals surface area contributed by atoms with Gasteiger partial charge in [0, 0.05) is 6.61 Å². The molecule has 13 heavy (non-hydrogen) atoms. The lowest BCUT2D eigenvalue weighted by Gasteiger charge is -2.09. The van der Waals surface area contributed by atoms with E-state index in [1.807, 2.05) is 18.2 Å². The highest BCUT2D eigenvalue weighted by Crippen LogP contribution is 2.25. The summed E-state index contributed by atoms with van der Waals surface area (Å²) in [6.45, 7) is 0.687. The van der Waals surface area contributed by atoms with Gasteiger partial charge in [-0.05, 0) is 24.0 Å². The Morgan fingerprint density at radius 2 is 2.23 bits per heavy atom. The molecule has 0 N–H and O–H groups in total. The largest absolute Gasteiger partial charge is 0.359 e. The maximum atomic E-state index is 8.89. The lowest BCUT2D eigenvalue weighted by Crippen LogP contribution is -2.00. The van der Waals surface area contributed by atoms with E-state index in [2.05, 4.69) is 12.1 Å². The van der Waals surface area contributed by atoms with Crippen molar-refractivity contribution < 1.29 is 4.74 Å². The first-order valence-corrected chi connectivity index (χ1v) is 4.51. The first-order valence-electron chi connectivity index (χ1n) is 4.51. The van der Waals surface area contributed by atoms with Crippen LogP contribution in [0.2, 0.25) is 0 Å². The topological polar surface area (TPSA) is 33.0 Å². The van der Waals surface area contributed by atoms with Gasteiger partial charge in [-0.15, -0.1) is 0 Å². The van der Waals surface area contributed by atoms with Gasteiger partial charge in [0.1, 0.15) is 0 Å². The van der Waals surface area contributed by atoms with Gasteiger partial charge in [-0.25, -0.2) is 0 Å². The summed E-state index contributed by atoms with van der Waals surface area (Å²) < 4.78 is 5.42. The second-order valence-corrected chi connectivity index (χ2v) is 3.18. The molecule has 1 aliphatic rings. The Morgan fingerprint density at radius 3 is 3.08 bits per heavy atom. The zero-order valence-corrected chi connectivity index (χ0v) is 7.36. The molecule has 1 unspecified atom stereocenters. The van der Waals surface area contributed by atoms with Crippen molar-refractivity contribution in [3.8, 4) is 6.07 Å². The van der Waals surface area contributed by atoms with Crippen LogP contribution in [0.1, 0.15) is 23.7 Å². The molecule has 0 amide bonds. The summed E-state index contributed by atoms with van der Waals surface area (Å²) in [6.07, 6.45) is 1.67. The van der Waals surface area contributed by atoms with E-state index in [-0.39, 0.29) is 6.10 Å². The van der Waals surface area contributed by atoms with Gasteiger partial charge in [-0.3, -0.25) is 0 Å². The van der Waals surface area contributed by atoms with Crippen LogP contribution < -0.4 is 0 Å². The SMILES string of the molecule is N#CC1OCCCc2ccccc21. The van der Waals surface area contributed by atoms with Gasteiger partial charge in [-0.1, -0.05) is 24.3 Å². The van der Waals surface area contributed by atoms with Gasteiger partial charge in [0.2, 0.25) is 0 Å². The maximum Gasteiger partial charge on any atom is 0.169 e. The van der Waals surface area contributed by atoms with Gasteiger partial charge in [0.05, 0.1) is 6.07 Å². The highest BCUT2D eigenvalue weighted by atomic mass is 16.5. The zero-order chi connectivity index (χ0) is 9.10. The van der Waals surface area contributed by atoms with E-state index in [1.165, 1.54) is 5.56 Å². The monoisotopic (exact) mass is 173 g/mol. The number of nitrogens with zero attached hydrogens (tertiary/aromatic N) is 1. The minimum Gasteiger partial charge on any atom is -0.359 e. The van der Waals surface area contributed by atoms with Crippen LogP contribution in [0.5, 0.6) is 0 Å². The number of aryl methyl sites for hydroxylation is 1. The average Bonchev–Trinajstić information content (AvgIpc) is 2.39. The Hall–Kier alpha value is -1.33. The predicted molar refractivity (Wildman–Crippen MR) is 49.1 cm³/mol. The number of nitriles is 1. The third-order valence-electron chi connectivity index (χ3n) is 2.33. The van der Waals surface area contributed by atoms with Crippen LogP contribution in [0.15, 0.2) is 24.3 Å². The van der Waals surface area contributed by atoms with Crippen molar-refractivity contribution in [1.29, 1.82) is 5.26 Å². The third kappa shape index (κ3) is 1.56. The quantitative estimate of drug-likeness (QED) is 0.602. The lowest BCUT2D eigenvalue weighted by atomic mass is 10.0. The third-order valence-corrected chi connectivity index (χ3v) is 2.33. The van der Waals surface area contributed by atoms with Crippen LogP contribution in [0.25, 0.3) is 0 Å². The molecule has 2 heteroatoms. The van der Waals surface area contributed by atoms with Crippen molar-refractivity contribution in [3.05, 3.63) is 35.4 Å². The Bertz CT molecular complexity index is 340. The van der Waals surface area contributed by atoms with Gasteiger partial charge < -0.3 is 4.74 Å². The molecule has 0 fully saturated rings. The summed E-state index contributed by atoms with van der Waals surface area (Å²) in [5.74, 6) is 0. The molecule has 2 rings (SSSR count). The molecule has 2 nitrogen and oxygen atoms in total. The number of ether oxygens (including phenoxy) is 1. The Balaban J connectivity index is 2.43. The predicted octanol–water partition coefficient (Wildman–Crippen LogP) is 2.21. The van der Waals surface area contributed by atoms with Crippen molar-refractivity contribution in [2.75, 3.05) is 6.61 Å². The Labute approximate surface area is 77.8 Å². The smallest absolute Gasteiger partial charge is 0.169 e. The van der Waals surface area contributed by atoms with Crippen LogP contribution >= 0.6 is 0 Å². The lowest BCUT2D eigenvalue weighted by molar-refractivity contribution is 0.0944. The summed E-state index contributed by atoms with van der Waals surface area (Å²) in [5.41, 5.74) is 2.30. The van der Waals surface area contributed by atoms with E-state index < -0.39 is 0 Å². The fourth-order valence-electron chi connectivity index (χ4n) is 1.68. The van der Waals surface area contributed by atoms with E-state index >= 15 is 0 Å². The molecule has 0 aliphatic carbocycles. The Morgan fingerprint density at radius 1 is 1.38 bits per heavy atom. The van der Waals surface area contributed by atoms with Crippen LogP contribution in [-0.2, 0) is 11.2 Å². The van der Waals surface area contributed by atoms with Crippen molar-refractivity contribution >= 4 is 0 Å². The summed E-state index contributed by atoms with van der Waals surface area (Å²) in [7, 11) is 0. The van der Waals surface area contributed by atoms with E-state index in [9.17, 15) is 0 Å². The standard InChI is InChI=1S/C11H11NO/c12-8-11-10-6-2-1-4-9(10)5-3-7-13-11/h1-2,4,6,11H,3,5,7H2. The summed E-state index contributed by atoms with van der Waals surface area (Å²) in [6, 6.07) is 10.2. The first-order chi connectivity index (χ1) is 6.42. The number of fused-ring (bicyclic) bond motifs is 1. The van der Waals surface area contributed by atoms with E-state index in [0.717, 1.165) is 18.4 Å². The fourth-order valence-corrected chi connectivity index (χ4v) is 1.68. The highest BCUT2D eigenvalue weighted by Gasteiger charge is 2.17. The Kier molecular flexibility index (Phi) is 2.29. The number of rotatable bonds is 0. The van der Waals surface area contributed by atoms with Crippen LogP contribution in [0.3, 0.4) is 0 Å². The van der Waals surface area contributed by atoms with Gasteiger partial charge in [0.15, 0.2) is 6.10 Å². The zero-order valence-electron chi connectivity index (χ0n) is 7.36. The van der Waals surface area contributed by atoms with Crippen molar-refractivity contribution in [1.82, 2.24) is 0 Å². The minimum absolute atomic E-state index is 0.362. The molecular formula is C11H11NO. The number of hydrogen-bond acceptors (Lipinski definition) is 2. The van der Waals surface area contributed by atoms with Crippen molar-refractivity contribution in [2.45, 2.75) is 18.9 Å². The number of hydrogen-bond donors (Lipinski definition) is 0. The van der Waals surface area contributed by atoms with Gasteiger partial charge in [0.25, 0.3) is 0 Å². The molecule has 66 valence electrons. The molecule has 0 radical (unpaired) electrons. The molecule has 1 aromatic carbocycles. The molecule has 0 saturated heterocycles. The average molecular weight is 173 g/mol. The molecule has 0 bridgehead atoms. The minimum atomic E-state index is -0.362. The van der Waals surface area contributed by atoms with E-state index in [0.29, 0.717) is 6.61 Å². The van der Waals surface area contributed by atoms with Gasteiger partial charge in [-0.2, -0.15) is 5.26 Å². The fraction of sp³-hybridized carbons (Fsp3) is 0.364. The second-order valence-electron chi connectivity index (χ2n) is 3.18. The molecule has 1 aliphatic heterocycles. The van der Waals surface area contributed by atoms with E-state index in [1.54, 1.807) is 0 Å². The first kappa shape index (κ1) is 8.28. The normalized spacial score (nSPS) is 21.3. The molecule has 0 spiro atoms. The summed E-state index contributed by atoms with van der Waals surface area (Å²) in [4.78, 5) is 0. The maximum absolute atomic E-state index is 8.89. The molecule has 1 atom stereocenters. The second kappa shape index (κ2) is 3.59. The van der Waals surface area contributed by atoms with Crippen LogP contribution in [-0.4, -0.2) is 6.61 Å². The molecule has 1 aromatic rings. The molecule has 1 heterocycles. The van der Waals surface area contributed by atoms with Crippen LogP contribution in [0.4, 0.5) is 0 Å². The van der Waals surface area contributed by atoms with Crippen molar-refractivity contribution in [2.24, 2.45) is 0 Å². The van der Waals surface area contributed by atoms with Gasteiger partial charge >= 0.3 is 0 Å². The molecular weight excluding hydrogens is 162 g/mol. The highest BCUT2D eigenvalue weighted by molar-refractivity contribution is 5.32.